The summed E-state index contributed by atoms with van der Waals surface area (Å²) < 4.78 is 0. The van der Waals surface area contributed by atoms with Crippen LogP contribution in [0.15, 0.2) is 42.5 Å². The van der Waals surface area contributed by atoms with E-state index in [0.29, 0.717) is 28.9 Å². The molecular weight excluding hydrogens is 444 g/mol. The molecule has 4 atom stereocenters. The van der Waals surface area contributed by atoms with Crippen LogP contribution in [-0.2, 0) is 19.9 Å². The van der Waals surface area contributed by atoms with Crippen LogP contribution in [0, 0.1) is 28.9 Å². The first kappa shape index (κ1) is 21.6. The van der Waals surface area contributed by atoms with Gasteiger partial charge in [0.2, 0.25) is 17.7 Å². The summed E-state index contributed by atoms with van der Waals surface area (Å²) >= 11 is 1.63. The van der Waals surface area contributed by atoms with Crippen LogP contribution in [0.3, 0.4) is 0 Å². The normalized spacial score (nSPS) is 27.8. The number of amides is 3. The Labute approximate surface area is 194 Å². The van der Waals surface area contributed by atoms with Crippen molar-refractivity contribution in [2.75, 3.05) is 22.2 Å². The molecule has 0 bridgehead atoms. The number of thioether (sulfide) groups is 1. The number of carbonyl (C=O) groups is 3. The van der Waals surface area contributed by atoms with E-state index in [2.05, 4.69) is 10.6 Å². The van der Waals surface area contributed by atoms with Crippen molar-refractivity contribution in [1.82, 2.24) is 5.32 Å². The Morgan fingerprint density at radius 1 is 1.15 bits per heavy atom. The summed E-state index contributed by atoms with van der Waals surface area (Å²) in [5.74, 6) is -2.04. The number of nitrogens with zero attached hydrogens (tertiary/aromatic N) is 2. The summed E-state index contributed by atoms with van der Waals surface area (Å²) in [6, 6.07) is 10.9. The Hall–Kier alpha value is -3.24. The SMILES string of the molecule is CSCC[C@@H]1N[C@@]2(C(=O)Nc3ccccc32)[C@@H]2C(=O)N(c3ccc([N+](=O)[O-])cc3C)C(=O)[C@@H]12. The number of para-hydroxylation sites is 1. The maximum atomic E-state index is 13.9. The van der Waals surface area contributed by atoms with E-state index in [1.165, 1.54) is 18.2 Å². The number of rotatable bonds is 5. The van der Waals surface area contributed by atoms with Gasteiger partial charge in [0.05, 0.1) is 22.4 Å². The molecule has 3 heterocycles. The molecule has 2 fully saturated rings. The van der Waals surface area contributed by atoms with Crippen LogP contribution in [0.5, 0.6) is 0 Å². The van der Waals surface area contributed by atoms with Crippen LogP contribution in [0.1, 0.15) is 17.5 Å². The zero-order valence-electron chi connectivity index (χ0n) is 18.0. The largest absolute Gasteiger partial charge is 0.324 e. The van der Waals surface area contributed by atoms with Gasteiger partial charge in [-0.15, -0.1) is 0 Å². The van der Waals surface area contributed by atoms with Gasteiger partial charge in [-0.2, -0.15) is 11.8 Å². The number of anilines is 2. The smallest absolute Gasteiger partial charge is 0.269 e. The highest BCUT2D eigenvalue weighted by molar-refractivity contribution is 7.98. The number of nitro benzene ring substituents is 1. The van der Waals surface area contributed by atoms with Gasteiger partial charge in [-0.1, -0.05) is 18.2 Å². The van der Waals surface area contributed by atoms with E-state index in [1.807, 2.05) is 24.5 Å². The van der Waals surface area contributed by atoms with Gasteiger partial charge in [-0.05, 0) is 43.0 Å². The van der Waals surface area contributed by atoms with Gasteiger partial charge in [-0.25, -0.2) is 4.90 Å². The summed E-state index contributed by atoms with van der Waals surface area (Å²) in [4.78, 5) is 52.7. The lowest BCUT2D eigenvalue weighted by atomic mass is 9.76. The Kier molecular flexibility index (Phi) is 5.02. The molecule has 1 spiro atoms. The lowest BCUT2D eigenvalue weighted by molar-refractivity contribution is -0.384. The van der Waals surface area contributed by atoms with Crippen LogP contribution in [0.4, 0.5) is 17.1 Å². The van der Waals surface area contributed by atoms with E-state index in [-0.39, 0.29) is 23.5 Å². The van der Waals surface area contributed by atoms with Gasteiger partial charge in [0, 0.05) is 29.4 Å². The fraction of sp³-hybridized carbons (Fsp3) is 0.348. The third-order valence-electron chi connectivity index (χ3n) is 6.89. The Morgan fingerprint density at radius 2 is 1.91 bits per heavy atom. The van der Waals surface area contributed by atoms with Crippen molar-refractivity contribution in [1.29, 1.82) is 0 Å². The number of non-ortho nitro benzene ring substituents is 1. The van der Waals surface area contributed by atoms with Gasteiger partial charge in [0.25, 0.3) is 5.69 Å². The van der Waals surface area contributed by atoms with E-state index in [9.17, 15) is 24.5 Å². The summed E-state index contributed by atoms with van der Waals surface area (Å²) in [6.45, 7) is 1.63. The first-order chi connectivity index (χ1) is 15.8. The summed E-state index contributed by atoms with van der Waals surface area (Å²) in [5, 5.41) is 17.4. The molecule has 0 saturated carbocycles. The minimum atomic E-state index is -1.33. The molecule has 9 nitrogen and oxygen atoms in total. The van der Waals surface area contributed by atoms with E-state index in [1.54, 1.807) is 24.8 Å². The topological polar surface area (TPSA) is 122 Å². The van der Waals surface area contributed by atoms with Crippen molar-refractivity contribution in [2.24, 2.45) is 11.8 Å². The molecule has 2 saturated heterocycles. The third kappa shape index (κ3) is 2.94. The third-order valence-corrected chi connectivity index (χ3v) is 7.53. The maximum Gasteiger partial charge on any atom is 0.269 e. The van der Waals surface area contributed by atoms with Gasteiger partial charge in [-0.3, -0.25) is 29.8 Å². The molecule has 0 radical (unpaired) electrons. The quantitative estimate of drug-likeness (QED) is 0.395. The standard InChI is InChI=1S/C23H22N4O5S/c1-12-11-13(27(31)32)7-8-17(12)26-20(28)18-16(9-10-33-2)25-23(19(18)21(26)29)14-5-3-4-6-15(14)24-22(23)30/h3-8,11,16,18-19,25H,9-10H2,1-2H3,(H,24,30)/t16-,18-,19-,23+/m0/s1. The molecule has 2 aromatic carbocycles. The number of benzene rings is 2. The van der Waals surface area contributed by atoms with Crippen LogP contribution in [0.25, 0.3) is 0 Å². The molecule has 0 unspecified atom stereocenters. The number of imide groups is 1. The second-order valence-electron chi connectivity index (χ2n) is 8.58. The number of carbonyl (C=O) groups excluding carboxylic acids is 3. The predicted molar refractivity (Wildman–Crippen MR) is 124 cm³/mol. The van der Waals surface area contributed by atoms with Gasteiger partial charge in [0.1, 0.15) is 5.54 Å². The summed E-state index contributed by atoms with van der Waals surface area (Å²) in [7, 11) is 0. The number of fused-ring (bicyclic) bond motifs is 4. The molecule has 0 aliphatic carbocycles. The molecule has 0 aromatic heterocycles. The van der Waals surface area contributed by atoms with E-state index < -0.39 is 28.2 Å². The second-order valence-corrected chi connectivity index (χ2v) is 9.57. The zero-order chi connectivity index (χ0) is 23.5. The average molecular weight is 467 g/mol. The molecule has 2 N–H and O–H groups in total. The molecule has 3 aliphatic heterocycles. The second kappa shape index (κ2) is 7.67. The minimum Gasteiger partial charge on any atom is -0.324 e. The molecule has 10 heteroatoms. The van der Waals surface area contributed by atoms with Crippen LogP contribution in [-0.4, -0.2) is 40.7 Å². The molecule has 3 aliphatic rings. The molecule has 170 valence electrons. The van der Waals surface area contributed by atoms with Crippen molar-refractivity contribution < 1.29 is 19.3 Å². The monoisotopic (exact) mass is 466 g/mol. The minimum absolute atomic E-state index is 0.115. The van der Waals surface area contributed by atoms with E-state index in [4.69, 9.17) is 0 Å². The molecule has 2 aromatic rings. The highest BCUT2D eigenvalue weighted by Gasteiger charge is 2.70. The lowest BCUT2D eigenvalue weighted by Gasteiger charge is -2.29. The van der Waals surface area contributed by atoms with Gasteiger partial charge >= 0.3 is 0 Å². The first-order valence-corrected chi connectivity index (χ1v) is 12.0. The summed E-state index contributed by atoms with van der Waals surface area (Å²) in [6.07, 6.45) is 2.58. The first-order valence-electron chi connectivity index (χ1n) is 10.6. The highest BCUT2D eigenvalue weighted by Crippen LogP contribution is 2.54. The fourth-order valence-electron chi connectivity index (χ4n) is 5.49. The maximum absolute atomic E-state index is 13.9. The Bertz CT molecular complexity index is 1220. The van der Waals surface area contributed by atoms with Crippen LogP contribution < -0.4 is 15.5 Å². The number of nitrogens with one attached hydrogen (secondary N) is 2. The van der Waals surface area contributed by atoms with Crippen molar-refractivity contribution in [3.05, 3.63) is 63.7 Å². The molecule has 3 amide bonds. The van der Waals surface area contributed by atoms with Crippen molar-refractivity contribution >= 4 is 46.5 Å². The molecular formula is C23H22N4O5S. The predicted octanol–water partition coefficient (Wildman–Crippen LogP) is 2.58. The van der Waals surface area contributed by atoms with Crippen LogP contribution in [0.2, 0.25) is 0 Å². The van der Waals surface area contributed by atoms with E-state index >= 15 is 0 Å². The van der Waals surface area contributed by atoms with E-state index in [0.717, 1.165) is 10.7 Å². The molecule has 33 heavy (non-hydrogen) atoms. The van der Waals surface area contributed by atoms with Gasteiger partial charge < -0.3 is 5.32 Å². The number of aryl methyl sites for hydroxylation is 1. The van der Waals surface area contributed by atoms with Crippen molar-refractivity contribution in [2.45, 2.75) is 24.9 Å². The lowest BCUT2D eigenvalue weighted by Crippen LogP contribution is -2.53. The average Bonchev–Trinajstić information content (AvgIpc) is 3.37. The Morgan fingerprint density at radius 3 is 2.61 bits per heavy atom. The number of hydrogen-bond acceptors (Lipinski definition) is 7. The van der Waals surface area contributed by atoms with Crippen molar-refractivity contribution in [3.8, 4) is 0 Å². The number of hydrogen-bond donors (Lipinski definition) is 2. The molecule has 5 rings (SSSR count). The summed E-state index contributed by atoms with van der Waals surface area (Å²) in [5.41, 5.74) is 0.612. The Balaban J connectivity index is 1.63. The van der Waals surface area contributed by atoms with Crippen molar-refractivity contribution in [3.63, 3.8) is 0 Å². The zero-order valence-corrected chi connectivity index (χ0v) is 18.8. The highest BCUT2D eigenvalue weighted by atomic mass is 32.2. The fourth-order valence-corrected chi connectivity index (χ4v) is 5.98. The van der Waals surface area contributed by atoms with Crippen LogP contribution >= 0.6 is 11.8 Å². The van der Waals surface area contributed by atoms with Gasteiger partial charge in [0.15, 0.2) is 0 Å². The number of nitro groups is 1.